The summed E-state index contributed by atoms with van der Waals surface area (Å²) in [4.78, 5) is 0. The summed E-state index contributed by atoms with van der Waals surface area (Å²) >= 11 is 0. The molecule has 4 nitrogen and oxygen atoms in total. The van der Waals surface area contributed by atoms with Crippen LogP contribution in [0.2, 0.25) is 0 Å². The smallest absolute Gasteiger partial charge is 0.297 e. The molecule has 0 heterocycles. The van der Waals surface area contributed by atoms with E-state index in [1.54, 1.807) is 0 Å². The second-order valence-corrected chi connectivity index (χ2v) is 8.30. The number of hydrogen-bond donors (Lipinski definition) is 0. The fraction of sp³-hybridized carbons (Fsp3) is 0.667. The van der Waals surface area contributed by atoms with Crippen LogP contribution < -0.4 is 0 Å². The molecule has 0 aromatic carbocycles. The molecular weight excluding hydrogens is 296 g/mol. The standard InChI is InChI=1S/C12H26O4SSi2/c1-5-11(6-2)9-18-15-17(13,14)16-19-10-12(7-3)8-4/h9-10H,5-8,18-19H2,1-4H3. The lowest BCUT2D eigenvalue weighted by Gasteiger charge is -2.05. The maximum Gasteiger partial charge on any atom is 0.379 e. The molecule has 0 fully saturated rings. The van der Waals surface area contributed by atoms with E-state index in [1.807, 2.05) is 11.4 Å². The lowest BCUT2D eigenvalue weighted by molar-refractivity contribution is 0.414. The summed E-state index contributed by atoms with van der Waals surface area (Å²) in [7, 11) is -6.16. The van der Waals surface area contributed by atoms with Crippen molar-refractivity contribution < 1.29 is 16.2 Å². The van der Waals surface area contributed by atoms with Crippen LogP contribution in [0.1, 0.15) is 53.4 Å². The Kier molecular flexibility index (Phi) is 10.4. The van der Waals surface area contributed by atoms with Gasteiger partial charge in [0.05, 0.1) is 0 Å². The third-order valence-corrected chi connectivity index (χ3v) is 7.87. The van der Waals surface area contributed by atoms with Crippen molar-refractivity contribution in [2.45, 2.75) is 53.4 Å². The monoisotopic (exact) mass is 322 g/mol. The average Bonchev–Trinajstić information content (AvgIpc) is 2.39. The second-order valence-electron chi connectivity index (χ2n) is 4.12. The zero-order valence-electron chi connectivity index (χ0n) is 12.4. The predicted octanol–water partition coefficient (Wildman–Crippen LogP) is 1.84. The lowest BCUT2D eigenvalue weighted by Crippen LogP contribution is -2.14. The number of rotatable bonds is 10. The average molecular weight is 323 g/mol. The van der Waals surface area contributed by atoms with E-state index in [2.05, 4.69) is 27.7 Å². The quantitative estimate of drug-likeness (QED) is 0.576. The van der Waals surface area contributed by atoms with Crippen molar-refractivity contribution in [2.75, 3.05) is 0 Å². The van der Waals surface area contributed by atoms with E-state index >= 15 is 0 Å². The minimum Gasteiger partial charge on any atom is -0.297 e. The zero-order chi connectivity index (χ0) is 14.7. The summed E-state index contributed by atoms with van der Waals surface area (Å²) in [6, 6.07) is 0. The summed E-state index contributed by atoms with van der Waals surface area (Å²) < 4.78 is 32.9. The maximum atomic E-state index is 11.5. The van der Waals surface area contributed by atoms with E-state index in [0.717, 1.165) is 25.7 Å². The third-order valence-electron chi connectivity index (χ3n) is 2.99. The minimum absolute atomic E-state index is 0.946. The van der Waals surface area contributed by atoms with E-state index in [9.17, 15) is 8.42 Å². The highest BCUT2D eigenvalue weighted by Crippen LogP contribution is 2.06. The fourth-order valence-corrected chi connectivity index (χ4v) is 5.97. The van der Waals surface area contributed by atoms with Gasteiger partial charge in [-0.1, -0.05) is 50.2 Å². The Labute approximate surface area is 122 Å². The van der Waals surface area contributed by atoms with Crippen molar-refractivity contribution in [1.82, 2.24) is 0 Å². The fourth-order valence-electron chi connectivity index (χ4n) is 1.58. The van der Waals surface area contributed by atoms with Gasteiger partial charge in [0, 0.05) is 0 Å². The van der Waals surface area contributed by atoms with Crippen LogP contribution in [0.4, 0.5) is 0 Å². The number of allylic oxidation sites excluding steroid dienone is 2. The van der Waals surface area contributed by atoms with Gasteiger partial charge in [0.25, 0.3) is 0 Å². The van der Waals surface area contributed by atoms with Gasteiger partial charge in [-0.25, -0.2) is 0 Å². The van der Waals surface area contributed by atoms with Gasteiger partial charge in [0.2, 0.25) is 19.5 Å². The van der Waals surface area contributed by atoms with Crippen molar-refractivity contribution in [3.05, 3.63) is 22.5 Å². The molecule has 0 spiro atoms. The zero-order valence-corrected chi connectivity index (χ0v) is 16.1. The molecule has 0 saturated heterocycles. The van der Waals surface area contributed by atoms with Gasteiger partial charge in [-0.2, -0.15) is 8.42 Å². The molecule has 0 aromatic heterocycles. The predicted molar refractivity (Wildman–Crippen MR) is 85.5 cm³/mol. The molecule has 112 valence electrons. The van der Waals surface area contributed by atoms with Crippen LogP contribution in [-0.2, 0) is 18.1 Å². The highest BCUT2D eigenvalue weighted by atomic mass is 32.3. The minimum atomic E-state index is -3.77. The Bertz CT molecular complexity index is 358. The Morgan fingerprint density at radius 1 is 0.842 bits per heavy atom. The molecule has 19 heavy (non-hydrogen) atoms. The van der Waals surface area contributed by atoms with Crippen LogP contribution in [0.15, 0.2) is 22.5 Å². The van der Waals surface area contributed by atoms with Crippen LogP contribution in [0.5, 0.6) is 0 Å². The summed E-state index contributed by atoms with van der Waals surface area (Å²) in [5, 5.41) is 0. The molecule has 0 aliphatic heterocycles. The molecule has 0 atom stereocenters. The first kappa shape index (κ1) is 18.8. The molecule has 0 aliphatic rings. The van der Waals surface area contributed by atoms with Crippen molar-refractivity contribution in [1.29, 1.82) is 0 Å². The largest absolute Gasteiger partial charge is 0.379 e. The van der Waals surface area contributed by atoms with Crippen LogP contribution in [-0.4, -0.2) is 27.9 Å². The number of hydrogen-bond acceptors (Lipinski definition) is 4. The molecule has 0 amide bonds. The first-order chi connectivity index (χ1) is 8.99. The first-order valence-corrected chi connectivity index (χ1v) is 11.0. The van der Waals surface area contributed by atoms with Gasteiger partial charge >= 0.3 is 10.4 Å². The maximum absolute atomic E-state index is 11.5. The molecule has 0 rings (SSSR count). The van der Waals surface area contributed by atoms with Gasteiger partial charge in [0.1, 0.15) is 0 Å². The first-order valence-electron chi connectivity index (χ1n) is 6.88. The SMILES string of the molecule is CCC(=C[SiH2]OS(=O)(=O)O[SiH2]C=C(CC)CC)CC. The Balaban J connectivity index is 4.20. The summed E-state index contributed by atoms with van der Waals surface area (Å²) in [5.74, 6) is 0. The van der Waals surface area contributed by atoms with Gasteiger partial charge in [-0.15, -0.1) is 0 Å². The highest BCUT2D eigenvalue weighted by molar-refractivity contribution is 7.83. The van der Waals surface area contributed by atoms with E-state index in [1.165, 1.54) is 11.1 Å². The second kappa shape index (κ2) is 10.6. The molecule has 0 saturated carbocycles. The van der Waals surface area contributed by atoms with E-state index in [0.29, 0.717) is 0 Å². The van der Waals surface area contributed by atoms with E-state index < -0.39 is 29.9 Å². The normalized spacial score (nSPS) is 12.4. The summed E-state index contributed by atoms with van der Waals surface area (Å²) in [5.41, 5.74) is 6.39. The summed E-state index contributed by atoms with van der Waals surface area (Å²) in [6.07, 6.45) is 3.78. The van der Waals surface area contributed by atoms with Crippen LogP contribution in [0.25, 0.3) is 0 Å². The Morgan fingerprint density at radius 3 is 1.42 bits per heavy atom. The summed E-state index contributed by atoms with van der Waals surface area (Å²) in [6.45, 7) is 8.24. The lowest BCUT2D eigenvalue weighted by atomic mass is 10.2. The molecule has 0 unspecified atom stereocenters. The topological polar surface area (TPSA) is 52.6 Å². The Hall–Kier alpha value is -0.216. The van der Waals surface area contributed by atoms with Gasteiger partial charge in [-0.05, 0) is 25.7 Å². The van der Waals surface area contributed by atoms with Crippen LogP contribution in [0, 0.1) is 0 Å². The van der Waals surface area contributed by atoms with Crippen molar-refractivity contribution in [3.63, 3.8) is 0 Å². The van der Waals surface area contributed by atoms with Gasteiger partial charge < -0.3 is 0 Å². The molecule has 0 radical (unpaired) electrons. The third kappa shape index (κ3) is 9.34. The van der Waals surface area contributed by atoms with Crippen molar-refractivity contribution in [3.8, 4) is 0 Å². The van der Waals surface area contributed by atoms with Crippen molar-refractivity contribution >= 4 is 29.9 Å². The van der Waals surface area contributed by atoms with Crippen molar-refractivity contribution in [2.24, 2.45) is 0 Å². The van der Waals surface area contributed by atoms with Crippen LogP contribution in [0.3, 0.4) is 0 Å². The van der Waals surface area contributed by atoms with Crippen LogP contribution >= 0.6 is 0 Å². The Morgan fingerprint density at radius 2 is 1.16 bits per heavy atom. The molecule has 0 N–H and O–H groups in total. The highest BCUT2D eigenvalue weighted by Gasteiger charge is 2.09. The molecule has 0 aliphatic carbocycles. The van der Waals surface area contributed by atoms with E-state index in [4.69, 9.17) is 7.74 Å². The molecule has 0 bridgehead atoms. The van der Waals surface area contributed by atoms with E-state index in [-0.39, 0.29) is 0 Å². The molecular formula is C12H26O4SSi2. The van der Waals surface area contributed by atoms with Gasteiger partial charge in [0.15, 0.2) is 0 Å². The van der Waals surface area contributed by atoms with Gasteiger partial charge in [-0.3, -0.25) is 7.74 Å². The molecule has 0 aromatic rings. The molecule has 7 heteroatoms.